The van der Waals surface area contributed by atoms with E-state index in [-0.39, 0.29) is 17.7 Å². The van der Waals surface area contributed by atoms with Gasteiger partial charge in [-0.25, -0.2) is 8.42 Å². The first kappa shape index (κ1) is 20.8. The highest BCUT2D eigenvalue weighted by molar-refractivity contribution is 7.89. The summed E-state index contributed by atoms with van der Waals surface area (Å²) in [7, 11) is -3.45. The second-order valence-corrected chi connectivity index (χ2v) is 9.78. The van der Waals surface area contributed by atoms with Crippen LogP contribution in [0.1, 0.15) is 22.6 Å². The van der Waals surface area contributed by atoms with Crippen molar-refractivity contribution in [1.29, 1.82) is 0 Å². The molecule has 5 heteroatoms. The Balaban J connectivity index is 1.61. The van der Waals surface area contributed by atoms with E-state index in [1.807, 2.05) is 78.9 Å². The maximum Gasteiger partial charge on any atom is 0.215 e. The predicted molar refractivity (Wildman–Crippen MR) is 122 cm³/mol. The molecule has 3 aromatic carbocycles. The van der Waals surface area contributed by atoms with Crippen molar-refractivity contribution in [3.05, 3.63) is 108 Å². The standard InChI is InChI=1S/C25H28N2O2S/c28-30(29,27-17-16-26-19-24(27)18-21-10-4-1-5-11-21)20-25(22-12-6-2-7-13-22)23-14-8-3-9-15-23/h1-15,24-26H,16-20H2/t24-/m1/s1. The van der Waals surface area contributed by atoms with Crippen LogP contribution in [0.3, 0.4) is 0 Å². The summed E-state index contributed by atoms with van der Waals surface area (Å²) in [5.74, 6) is -0.114. The van der Waals surface area contributed by atoms with E-state index in [2.05, 4.69) is 17.4 Å². The fourth-order valence-electron chi connectivity index (χ4n) is 4.23. The minimum Gasteiger partial charge on any atom is -0.314 e. The maximum atomic E-state index is 13.6. The molecule has 0 unspecified atom stereocenters. The van der Waals surface area contributed by atoms with Crippen LogP contribution in [0.25, 0.3) is 0 Å². The number of sulfonamides is 1. The summed E-state index contributed by atoms with van der Waals surface area (Å²) in [4.78, 5) is 0. The zero-order valence-corrected chi connectivity index (χ0v) is 17.8. The van der Waals surface area contributed by atoms with E-state index in [0.29, 0.717) is 26.1 Å². The molecule has 0 aromatic heterocycles. The number of piperazine rings is 1. The molecule has 1 aliphatic heterocycles. The van der Waals surface area contributed by atoms with E-state index in [4.69, 9.17) is 0 Å². The van der Waals surface area contributed by atoms with Gasteiger partial charge in [-0.15, -0.1) is 0 Å². The molecule has 1 saturated heterocycles. The van der Waals surface area contributed by atoms with Gasteiger partial charge in [0.1, 0.15) is 0 Å². The van der Waals surface area contributed by atoms with Crippen molar-refractivity contribution in [2.75, 3.05) is 25.4 Å². The lowest BCUT2D eigenvalue weighted by Crippen LogP contribution is -2.55. The average Bonchev–Trinajstić information content (AvgIpc) is 2.80. The van der Waals surface area contributed by atoms with Crippen molar-refractivity contribution in [3.8, 4) is 0 Å². The fourth-order valence-corrected chi connectivity index (χ4v) is 6.20. The van der Waals surface area contributed by atoms with E-state index >= 15 is 0 Å². The summed E-state index contributed by atoms with van der Waals surface area (Å²) >= 11 is 0. The highest BCUT2D eigenvalue weighted by Crippen LogP contribution is 2.28. The van der Waals surface area contributed by atoms with Gasteiger partial charge in [0, 0.05) is 31.6 Å². The van der Waals surface area contributed by atoms with Crippen LogP contribution in [-0.2, 0) is 16.4 Å². The smallest absolute Gasteiger partial charge is 0.215 e. The third-order valence-electron chi connectivity index (χ3n) is 5.75. The maximum absolute atomic E-state index is 13.6. The molecule has 0 amide bonds. The Morgan fingerprint density at radius 1 is 0.833 bits per heavy atom. The fraction of sp³-hybridized carbons (Fsp3) is 0.280. The topological polar surface area (TPSA) is 49.4 Å². The monoisotopic (exact) mass is 420 g/mol. The first-order chi connectivity index (χ1) is 14.6. The molecule has 0 saturated carbocycles. The third kappa shape index (κ3) is 4.98. The Kier molecular flexibility index (Phi) is 6.62. The summed E-state index contributed by atoms with van der Waals surface area (Å²) in [5.41, 5.74) is 3.22. The summed E-state index contributed by atoms with van der Waals surface area (Å²) in [6.07, 6.45) is 0.717. The minimum absolute atomic E-state index is 0.0710. The number of hydrogen-bond acceptors (Lipinski definition) is 3. The lowest BCUT2D eigenvalue weighted by Gasteiger charge is -2.36. The lowest BCUT2D eigenvalue weighted by molar-refractivity contribution is 0.265. The van der Waals surface area contributed by atoms with Gasteiger partial charge in [-0.1, -0.05) is 91.0 Å². The second-order valence-electron chi connectivity index (χ2n) is 7.81. The molecule has 4 rings (SSSR count). The number of hydrogen-bond donors (Lipinski definition) is 1. The molecule has 1 heterocycles. The van der Waals surface area contributed by atoms with Crippen LogP contribution < -0.4 is 5.32 Å². The van der Waals surface area contributed by atoms with Crippen LogP contribution in [-0.4, -0.2) is 44.2 Å². The number of benzene rings is 3. The molecule has 0 aliphatic carbocycles. The molecular formula is C25H28N2O2S. The molecule has 1 atom stereocenters. The van der Waals surface area contributed by atoms with Gasteiger partial charge in [-0.05, 0) is 23.1 Å². The van der Waals surface area contributed by atoms with Gasteiger partial charge < -0.3 is 5.32 Å². The Morgan fingerprint density at radius 3 is 1.93 bits per heavy atom. The number of nitrogens with one attached hydrogen (secondary N) is 1. The predicted octanol–water partition coefficient (Wildman–Crippen LogP) is 3.66. The molecule has 4 nitrogen and oxygen atoms in total. The summed E-state index contributed by atoms with van der Waals surface area (Å²) in [6, 6.07) is 30.0. The van der Waals surface area contributed by atoms with Crippen LogP contribution in [0.15, 0.2) is 91.0 Å². The van der Waals surface area contributed by atoms with Gasteiger partial charge in [-0.2, -0.15) is 4.31 Å². The molecule has 156 valence electrons. The number of nitrogens with zero attached hydrogens (tertiary/aromatic N) is 1. The van der Waals surface area contributed by atoms with Gasteiger partial charge in [0.05, 0.1) is 5.75 Å². The molecule has 0 bridgehead atoms. The third-order valence-corrected chi connectivity index (χ3v) is 7.70. The van der Waals surface area contributed by atoms with Gasteiger partial charge >= 0.3 is 0 Å². The van der Waals surface area contributed by atoms with E-state index < -0.39 is 10.0 Å². The molecular weight excluding hydrogens is 392 g/mol. The highest BCUT2D eigenvalue weighted by atomic mass is 32.2. The normalized spacial score (nSPS) is 17.8. The zero-order valence-electron chi connectivity index (χ0n) is 17.0. The van der Waals surface area contributed by atoms with Crippen LogP contribution >= 0.6 is 0 Å². The van der Waals surface area contributed by atoms with Gasteiger partial charge in [0.25, 0.3) is 0 Å². The molecule has 3 aromatic rings. The first-order valence-electron chi connectivity index (χ1n) is 10.5. The van der Waals surface area contributed by atoms with Gasteiger partial charge in [0.15, 0.2) is 0 Å². The largest absolute Gasteiger partial charge is 0.314 e. The van der Waals surface area contributed by atoms with Crippen molar-refractivity contribution in [2.24, 2.45) is 0 Å². The molecule has 0 radical (unpaired) electrons. The molecule has 1 aliphatic rings. The van der Waals surface area contributed by atoms with Crippen LogP contribution in [0.2, 0.25) is 0 Å². The van der Waals surface area contributed by atoms with Gasteiger partial charge in [-0.3, -0.25) is 0 Å². The zero-order chi connectivity index (χ0) is 20.8. The average molecular weight is 421 g/mol. The van der Waals surface area contributed by atoms with E-state index in [9.17, 15) is 8.42 Å². The molecule has 0 spiro atoms. The van der Waals surface area contributed by atoms with Crippen molar-refractivity contribution in [1.82, 2.24) is 9.62 Å². The Morgan fingerprint density at radius 2 is 1.37 bits per heavy atom. The van der Waals surface area contributed by atoms with Crippen molar-refractivity contribution in [2.45, 2.75) is 18.4 Å². The Bertz CT molecular complexity index is 985. The lowest BCUT2D eigenvalue weighted by atomic mass is 9.93. The number of rotatable bonds is 7. The quantitative estimate of drug-likeness (QED) is 0.635. The van der Waals surface area contributed by atoms with Crippen molar-refractivity contribution in [3.63, 3.8) is 0 Å². The van der Waals surface area contributed by atoms with Gasteiger partial charge in [0.2, 0.25) is 10.0 Å². The molecule has 30 heavy (non-hydrogen) atoms. The Hall–Kier alpha value is -2.47. The Labute approximate surface area is 179 Å². The summed E-state index contributed by atoms with van der Waals surface area (Å²) in [6.45, 7) is 1.87. The van der Waals surface area contributed by atoms with E-state index in [0.717, 1.165) is 16.7 Å². The van der Waals surface area contributed by atoms with Crippen LogP contribution in [0.4, 0.5) is 0 Å². The SMILES string of the molecule is O=S(=O)(CC(c1ccccc1)c1ccccc1)N1CCNC[C@H]1Cc1ccccc1. The van der Waals surface area contributed by atoms with Crippen LogP contribution in [0, 0.1) is 0 Å². The van der Waals surface area contributed by atoms with Crippen molar-refractivity contribution >= 4 is 10.0 Å². The van der Waals surface area contributed by atoms with E-state index in [1.54, 1.807) is 4.31 Å². The van der Waals surface area contributed by atoms with Crippen LogP contribution in [0.5, 0.6) is 0 Å². The molecule has 1 N–H and O–H groups in total. The summed E-state index contributed by atoms with van der Waals surface area (Å²) in [5, 5.41) is 3.37. The summed E-state index contributed by atoms with van der Waals surface area (Å²) < 4.78 is 29.0. The minimum atomic E-state index is -3.45. The van der Waals surface area contributed by atoms with E-state index in [1.165, 1.54) is 0 Å². The first-order valence-corrected chi connectivity index (χ1v) is 12.1. The molecule has 1 fully saturated rings. The highest BCUT2D eigenvalue weighted by Gasteiger charge is 2.34. The van der Waals surface area contributed by atoms with Crippen molar-refractivity contribution < 1.29 is 8.42 Å². The second kappa shape index (κ2) is 9.56.